The number of anilines is 1. The van der Waals surface area contributed by atoms with E-state index in [0.29, 0.717) is 16.3 Å². The van der Waals surface area contributed by atoms with Crippen LogP contribution in [0.15, 0.2) is 34.9 Å². The van der Waals surface area contributed by atoms with Crippen molar-refractivity contribution in [2.24, 2.45) is 5.73 Å². The fraction of sp³-hybridized carbons (Fsp3) is 0.0909. The number of carbonyl (C=O) groups excluding carboxylic acids is 1. The Balaban J connectivity index is 2.08. The van der Waals surface area contributed by atoms with E-state index < -0.39 is 0 Å². The quantitative estimate of drug-likeness (QED) is 0.875. The van der Waals surface area contributed by atoms with Crippen LogP contribution in [-0.2, 0) is 6.54 Å². The number of nitrogens with zero attached hydrogens (tertiary/aromatic N) is 1. The fourth-order valence-electron chi connectivity index (χ4n) is 1.23. The van der Waals surface area contributed by atoms with E-state index in [-0.39, 0.29) is 18.5 Å². The van der Waals surface area contributed by atoms with Crippen LogP contribution in [0.4, 0.5) is 6.01 Å². The van der Waals surface area contributed by atoms with Crippen molar-refractivity contribution in [3.8, 4) is 0 Å². The summed E-state index contributed by atoms with van der Waals surface area (Å²) in [4.78, 5) is 15.7. The second kappa shape index (κ2) is 4.99. The van der Waals surface area contributed by atoms with Gasteiger partial charge in [0, 0.05) is 17.1 Å². The van der Waals surface area contributed by atoms with Crippen molar-refractivity contribution in [3.63, 3.8) is 0 Å². The first-order chi connectivity index (χ1) is 8.19. The molecule has 2 aromatic rings. The standard InChI is InChI=1S/C11H10ClN3O2/c12-8-3-1-7(2-4-8)10(16)15-11-14-9(5-13)6-17-11/h1-4,6H,5,13H2,(H,14,15,16). The highest BCUT2D eigenvalue weighted by Gasteiger charge is 2.09. The lowest BCUT2D eigenvalue weighted by molar-refractivity contribution is 0.102. The highest BCUT2D eigenvalue weighted by atomic mass is 35.5. The molecule has 88 valence electrons. The summed E-state index contributed by atoms with van der Waals surface area (Å²) in [5, 5.41) is 3.09. The van der Waals surface area contributed by atoms with Gasteiger partial charge in [0.2, 0.25) is 0 Å². The number of benzene rings is 1. The van der Waals surface area contributed by atoms with Crippen LogP contribution in [0.25, 0.3) is 0 Å². The average molecular weight is 252 g/mol. The van der Waals surface area contributed by atoms with Crippen molar-refractivity contribution >= 4 is 23.5 Å². The summed E-state index contributed by atoms with van der Waals surface area (Å²) in [6.07, 6.45) is 1.40. The number of hydrogen-bond acceptors (Lipinski definition) is 4. The van der Waals surface area contributed by atoms with Gasteiger partial charge in [-0.1, -0.05) is 11.6 Å². The zero-order valence-electron chi connectivity index (χ0n) is 8.81. The summed E-state index contributed by atoms with van der Waals surface area (Å²) in [6.45, 7) is 0.264. The van der Waals surface area contributed by atoms with Crippen molar-refractivity contribution in [1.29, 1.82) is 0 Å². The Labute approximate surface area is 103 Å². The minimum atomic E-state index is -0.313. The topological polar surface area (TPSA) is 81.1 Å². The van der Waals surface area contributed by atoms with Gasteiger partial charge in [-0.15, -0.1) is 0 Å². The van der Waals surface area contributed by atoms with Crippen LogP contribution < -0.4 is 11.1 Å². The van der Waals surface area contributed by atoms with Gasteiger partial charge in [-0.25, -0.2) is 0 Å². The number of rotatable bonds is 3. The van der Waals surface area contributed by atoms with Gasteiger partial charge in [-0.05, 0) is 24.3 Å². The van der Waals surface area contributed by atoms with Crippen molar-refractivity contribution in [3.05, 3.63) is 46.8 Å². The largest absolute Gasteiger partial charge is 0.432 e. The zero-order valence-corrected chi connectivity index (χ0v) is 9.57. The average Bonchev–Trinajstić information content (AvgIpc) is 2.77. The summed E-state index contributed by atoms with van der Waals surface area (Å²) in [7, 11) is 0. The van der Waals surface area contributed by atoms with E-state index in [1.165, 1.54) is 6.26 Å². The zero-order chi connectivity index (χ0) is 12.3. The molecule has 0 bridgehead atoms. The van der Waals surface area contributed by atoms with Crippen LogP contribution in [0.2, 0.25) is 5.02 Å². The molecule has 0 saturated carbocycles. The molecule has 6 heteroatoms. The molecule has 0 radical (unpaired) electrons. The molecule has 0 aliphatic carbocycles. The maximum Gasteiger partial charge on any atom is 0.301 e. The highest BCUT2D eigenvalue weighted by molar-refractivity contribution is 6.30. The third-order valence-electron chi connectivity index (χ3n) is 2.09. The lowest BCUT2D eigenvalue weighted by Gasteiger charge is -2.00. The molecule has 3 N–H and O–H groups in total. The SMILES string of the molecule is NCc1coc(NC(=O)c2ccc(Cl)cc2)n1. The molecule has 1 amide bonds. The normalized spacial score (nSPS) is 10.2. The van der Waals surface area contributed by atoms with Crippen LogP contribution >= 0.6 is 11.6 Å². The maximum absolute atomic E-state index is 11.7. The number of nitrogens with two attached hydrogens (primary N) is 1. The van der Waals surface area contributed by atoms with E-state index in [1.54, 1.807) is 24.3 Å². The summed E-state index contributed by atoms with van der Waals surface area (Å²) in [5.74, 6) is -0.313. The molecule has 0 saturated heterocycles. The van der Waals surface area contributed by atoms with Crippen LogP contribution in [0.5, 0.6) is 0 Å². The molecule has 17 heavy (non-hydrogen) atoms. The van der Waals surface area contributed by atoms with E-state index in [1.807, 2.05) is 0 Å². The molecule has 0 fully saturated rings. The van der Waals surface area contributed by atoms with Gasteiger partial charge in [-0.2, -0.15) is 4.98 Å². The third-order valence-corrected chi connectivity index (χ3v) is 2.34. The highest BCUT2D eigenvalue weighted by Crippen LogP contribution is 2.12. The maximum atomic E-state index is 11.7. The molecule has 1 aromatic carbocycles. The summed E-state index contributed by atoms with van der Waals surface area (Å²) >= 11 is 5.72. The van der Waals surface area contributed by atoms with Gasteiger partial charge in [0.05, 0.1) is 5.69 Å². The van der Waals surface area contributed by atoms with Gasteiger partial charge in [-0.3, -0.25) is 10.1 Å². The van der Waals surface area contributed by atoms with Crippen LogP contribution in [0, 0.1) is 0 Å². The van der Waals surface area contributed by atoms with E-state index >= 15 is 0 Å². The van der Waals surface area contributed by atoms with E-state index in [2.05, 4.69) is 10.3 Å². The summed E-state index contributed by atoms with van der Waals surface area (Å²) in [6, 6.07) is 6.63. The van der Waals surface area contributed by atoms with Gasteiger partial charge in [0.15, 0.2) is 0 Å². The molecular weight excluding hydrogens is 242 g/mol. The molecule has 5 nitrogen and oxygen atoms in total. The second-order valence-electron chi connectivity index (χ2n) is 3.31. The molecule has 1 heterocycles. The third kappa shape index (κ3) is 2.83. The lowest BCUT2D eigenvalue weighted by Crippen LogP contribution is -2.12. The van der Waals surface area contributed by atoms with Crippen LogP contribution in [-0.4, -0.2) is 10.9 Å². The molecular formula is C11H10ClN3O2. The first kappa shape index (κ1) is 11.6. The number of nitrogens with one attached hydrogen (secondary N) is 1. The number of hydrogen-bond donors (Lipinski definition) is 2. The van der Waals surface area contributed by atoms with Gasteiger partial charge in [0.25, 0.3) is 5.91 Å². The van der Waals surface area contributed by atoms with Gasteiger partial charge >= 0.3 is 6.01 Å². The van der Waals surface area contributed by atoms with E-state index in [9.17, 15) is 4.79 Å². The van der Waals surface area contributed by atoms with Crippen LogP contribution in [0.1, 0.15) is 16.1 Å². The predicted molar refractivity (Wildman–Crippen MR) is 63.8 cm³/mol. The Morgan fingerprint density at radius 1 is 1.41 bits per heavy atom. The van der Waals surface area contributed by atoms with E-state index in [4.69, 9.17) is 21.8 Å². The monoisotopic (exact) mass is 251 g/mol. The second-order valence-corrected chi connectivity index (χ2v) is 3.75. The molecule has 0 unspecified atom stereocenters. The number of halogens is 1. The van der Waals surface area contributed by atoms with Crippen molar-refractivity contribution in [2.75, 3.05) is 5.32 Å². The first-order valence-electron chi connectivity index (χ1n) is 4.90. The Kier molecular flexibility index (Phi) is 3.41. The van der Waals surface area contributed by atoms with Crippen molar-refractivity contribution in [1.82, 2.24) is 4.98 Å². The minimum Gasteiger partial charge on any atom is -0.432 e. The molecule has 0 aliphatic rings. The number of oxazole rings is 1. The molecule has 1 aromatic heterocycles. The van der Waals surface area contributed by atoms with Crippen molar-refractivity contribution in [2.45, 2.75) is 6.54 Å². The summed E-state index contributed by atoms with van der Waals surface area (Å²) < 4.78 is 5.02. The Hall–Kier alpha value is -1.85. The Morgan fingerprint density at radius 3 is 2.71 bits per heavy atom. The molecule has 0 aliphatic heterocycles. The minimum absolute atomic E-state index is 0.130. The molecule has 0 spiro atoms. The first-order valence-corrected chi connectivity index (χ1v) is 5.28. The van der Waals surface area contributed by atoms with Gasteiger partial charge in [0.1, 0.15) is 6.26 Å². The van der Waals surface area contributed by atoms with Crippen molar-refractivity contribution < 1.29 is 9.21 Å². The Bertz CT molecular complexity index is 522. The van der Waals surface area contributed by atoms with E-state index in [0.717, 1.165) is 0 Å². The predicted octanol–water partition coefficient (Wildman–Crippen LogP) is 2.04. The molecule has 0 atom stereocenters. The van der Waals surface area contributed by atoms with Crippen LogP contribution in [0.3, 0.4) is 0 Å². The number of amides is 1. The number of carbonyl (C=O) groups is 1. The lowest BCUT2D eigenvalue weighted by atomic mass is 10.2. The summed E-state index contributed by atoms with van der Waals surface area (Å²) in [5.41, 5.74) is 6.43. The fourth-order valence-corrected chi connectivity index (χ4v) is 1.35. The van der Waals surface area contributed by atoms with Gasteiger partial charge < -0.3 is 10.2 Å². The smallest absolute Gasteiger partial charge is 0.301 e. The Morgan fingerprint density at radius 2 is 2.12 bits per heavy atom. The molecule has 2 rings (SSSR count). The number of aromatic nitrogens is 1.